The molecule has 0 aliphatic heterocycles. The maximum absolute atomic E-state index is 13.0. The van der Waals surface area contributed by atoms with E-state index in [-0.39, 0.29) is 5.92 Å². The van der Waals surface area contributed by atoms with Gasteiger partial charge < -0.3 is 4.74 Å². The van der Waals surface area contributed by atoms with Gasteiger partial charge in [0.2, 0.25) is 0 Å². The first kappa shape index (κ1) is 12.5. The van der Waals surface area contributed by atoms with Crippen LogP contribution in [0.15, 0.2) is 30.9 Å². The Kier molecular flexibility index (Phi) is 3.57. The molecule has 0 N–H and O–H groups in total. The molecule has 0 amide bonds. The van der Waals surface area contributed by atoms with E-state index in [0.717, 1.165) is 12.1 Å². The number of hydrogen-bond acceptors (Lipinski definition) is 1. The van der Waals surface area contributed by atoms with Gasteiger partial charge in [-0.15, -0.1) is 19.8 Å². The Bertz CT molecular complexity index is 384. The first-order valence-corrected chi connectivity index (χ1v) is 4.50. The lowest BCUT2D eigenvalue weighted by Crippen LogP contribution is -2.17. The summed E-state index contributed by atoms with van der Waals surface area (Å²) in [6.45, 7) is 5.18. The van der Waals surface area contributed by atoms with Gasteiger partial charge in [0.15, 0.2) is 0 Å². The van der Waals surface area contributed by atoms with Crippen LogP contribution in [0, 0.1) is 5.82 Å². The molecule has 0 saturated carbocycles. The monoisotopic (exact) mass is 234 g/mol. The molecular formula is C11H10F4O. The van der Waals surface area contributed by atoms with E-state index < -0.39 is 17.9 Å². The Morgan fingerprint density at radius 2 is 1.94 bits per heavy atom. The van der Waals surface area contributed by atoms with Crippen molar-refractivity contribution < 1.29 is 22.3 Å². The highest BCUT2D eigenvalue weighted by molar-refractivity contribution is 5.33. The van der Waals surface area contributed by atoms with Crippen LogP contribution < -0.4 is 4.74 Å². The number of halogens is 4. The van der Waals surface area contributed by atoms with Crippen molar-refractivity contribution in [1.82, 2.24) is 0 Å². The van der Waals surface area contributed by atoms with E-state index in [2.05, 4.69) is 11.3 Å². The average molecular weight is 234 g/mol. The minimum Gasteiger partial charge on any atom is -0.406 e. The molecule has 0 fully saturated rings. The van der Waals surface area contributed by atoms with Crippen molar-refractivity contribution >= 4 is 0 Å². The predicted molar refractivity (Wildman–Crippen MR) is 51.7 cm³/mol. The summed E-state index contributed by atoms with van der Waals surface area (Å²) in [4.78, 5) is 0. The zero-order chi connectivity index (χ0) is 12.3. The predicted octanol–water partition coefficient (Wildman–Crippen LogP) is 4.01. The van der Waals surface area contributed by atoms with Gasteiger partial charge in [0.05, 0.1) is 0 Å². The summed E-state index contributed by atoms with van der Waals surface area (Å²) in [5, 5.41) is 0. The van der Waals surface area contributed by atoms with Crippen LogP contribution in [0.4, 0.5) is 17.6 Å². The van der Waals surface area contributed by atoms with Gasteiger partial charge in [-0.3, -0.25) is 0 Å². The molecule has 1 rings (SSSR count). The van der Waals surface area contributed by atoms with Gasteiger partial charge >= 0.3 is 6.36 Å². The van der Waals surface area contributed by atoms with E-state index in [4.69, 9.17) is 0 Å². The minimum absolute atomic E-state index is 0.244. The molecule has 16 heavy (non-hydrogen) atoms. The van der Waals surface area contributed by atoms with Gasteiger partial charge in [-0.2, -0.15) is 0 Å². The summed E-state index contributed by atoms with van der Waals surface area (Å²) in [6.07, 6.45) is -3.31. The smallest absolute Gasteiger partial charge is 0.406 e. The summed E-state index contributed by atoms with van der Waals surface area (Å²) in [5.74, 6) is -1.58. The van der Waals surface area contributed by atoms with Crippen LogP contribution in [0.25, 0.3) is 0 Å². The third-order valence-corrected chi connectivity index (χ3v) is 2.01. The van der Waals surface area contributed by atoms with Crippen molar-refractivity contribution in [3.8, 4) is 5.75 Å². The molecule has 1 unspecified atom stereocenters. The van der Waals surface area contributed by atoms with Gasteiger partial charge in [-0.05, 0) is 23.6 Å². The van der Waals surface area contributed by atoms with Crippen molar-refractivity contribution in [2.24, 2.45) is 0 Å². The molecule has 1 atom stereocenters. The lowest BCUT2D eigenvalue weighted by molar-refractivity contribution is -0.274. The third kappa shape index (κ3) is 3.56. The molecule has 0 aromatic heterocycles. The standard InChI is InChI=1S/C11H10F4O/c1-3-7(2)8-4-9(12)6-10(5-8)16-11(13,14)15/h3-7H,1H2,2H3. The Labute approximate surface area is 90.3 Å². The highest BCUT2D eigenvalue weighted by Crippen LogP contribution is 2.27. The van der Waals surface area contributed by atoms with Crippen LogP contribution in [-0.2, 0) is 0 Å². The molecule has 1 nitrogen and oxygen atoms in total. The number of alkyl halides is 3. The molecular weight excluding hydrogens is 224 g/mol. The summed E-state index contributed by atoms with van der Waals surface area (Å²) in [6, 6.07) is 2.98. The number of ether oxygens (including phenoxy) is 1. The molecule has 0 spiro atoms. The second-order valence-electron chi connectivity index (χ2n) is 3.29. The van der Waals surface area contributed by atoms with E-state index in [1.807, 2.05) is 0 Å². The molecule has 1 aromatic rings. The van der Waals surface area contributed by atoms with Crippen LogP contribution in [0.1, 0.15) is 18.4 Å². The van der Waals surface area contributed by atoms with Crippen LogP contribution in [0.3, 0.4) is 0 Å². The van der Waals surface area contributed by atoms with E-state index in [1.165, 1.54) is 6.08 Å². The summed E-state index contributed by atoms with van der Waals surface area (Å²) in [5.41, 5.74) is 0.384. The highest BCUT2D eigenvalue weighted by atomic mass is 19.4. The molecule has 0 heterocycles. The average Bonchev–Trinajstić information content (AvgIpc) is 2.12. The van der Waals surface area contributed by atoms with E-state index in [0.29, 0.717) is 11.6 Å². The van der Waals surface area contributed by atoms with Gasteiger partial charge in [-0.1, -0.05) is 13.0 Å². The Morgan fingerprint density at radius 3 is 2.44 bits per heavy atom. The van der Waals surface area contributed by atoms with Gasteiger partial charge in [0.1, 0.15) is 11.6 Å². The second-order valence-corrected chi connectivity index (χ2v) is 3.29. The van der Waals surface area contributed by atoms with E-state index in [9.17, 15) is 17.6 Å². The first-order chi connectivity index (χ1) is 7.31. The van der Waals surface area contributed by atoms with Gasteiger partial charge in [0, 0.05) is 6.07 Å². The van der Waals surface area contributed by atoms with Crippen molar-refractivity contribution in [2.45, 2.75) is 19.2 Å². The number of rotatable bonds is 3. The molecule has 5 heteroatoms. The van der Waals surface area contributed by atoms with Crippen LogP contribution >= 0.6 is 0 Å². The van der Waals surface area contributed by atoms with Crippen molar-refractivity contribution in [1.29, 1.82) is 0 Å². The molecule has 1 aromatic carbocycles. The van der Waals surface area contributed by atoms with Crippen molar-refractivity contribution in [3.05, 3.63) is 42.2 Å². The minimum atomic E-state index is -4.82. The maximum atomic E-state index is 13.0. The number of hydrogen-bond donors (Lipinski definition) is 0. The molecule has 88 valence electrons. The second kappa shape index (κ2) is 4.55. The Morgan fingerprint density at radius 1 is 1.31 bits per heavy atom. The normalized spacial score (nSPS) is 13.3. The molecule has 0 bridgehead atoms. The maximum Gasteiger partial charge on any atom is 0.573 e. The molecule has 0 saturated heterocycles. The SMILES string of the molecule is C=CC(C)c1cc(F)cc(OC(F)(F)F)c1. The fraction of sp³-hybridized carbons (Fsp3) is 0.273. The molecule has 0 radical (unpaired) electrons. The zero-order valence-corrected chi connectivity index (χ0v) is 8.51. The Balaban J connectivity index is 3.03. The van der Waals surface area contributed by atoms with Crippen molar-refractivity contribution in [2.75, 3.05) is 0 Å². The summed E-state index contributed by atoms with van der Waals surface area (Å²) in [7, 11) is 0. The Hall–Kier alpha value is -1.52. The van der Waals surface area contributed by atoms with Gasteiger partial charge in [-0.25, -0.2) is 4.39 Å². The topological polar surface area (TPSA) is 9.23 Å². The third-order valence-electron chi connectivity index (χ3n) is 2.01. The fourth-order valence-electron chi connectivity index (χ4n) is 1.18. The van der Waals surface area contributed by atoms with Crippen molar-refractivity contribution in [3.63, 3.8) is 0 Å². The lowest BCUT2D eigenvalue weighted by atomic mass is 10.0. The van der Waals surface area contributed by atoms with Crippen LogP contribution in [-0.4, -0.2) is 6.36 Å². The number of benzene rings is 1. The highest BCUT2D eigenvalue weighted by Gasteiger charge is 2.31. The molecule has 0 aliphatic carbocycles. The number of allylic oxidation sites excluding steroid dienone is 1. The molecule has 0 aliphatic rings. The first-order valence-electron chi connectivity index (χ1n) is 4.50. The lowest BCUT2D eigenvalue weighted by Gasteiger charge is -2.12. The quantitative estimate of drug-likeness (QED) is 0.567. The zero-order valence-electron chi connectivity index (χ0n) is 8.51. The summed E-state index contributed by atoms with van der Waals surface area (Å²) < 4.78 is 52.4. The van der Waals surface area contributed by atoms with Gasteiger partial charge in [0.25, 0.3) is 0 Å². The summed E-state index contributed by atoms with van der Waals surface area (Å²) >= 11 is 0. The fourth-order valence-corrected chi connectivity index (χ4v) is 1.18. The van der Waals surface area contributed by atoms with E-state index >= 15 is 0 Å². The van der Waals surface area contributed by atoms with E-state index in [1.54, 1.807) is 6.92 Å². The van der Waals surface area contributed by atoms with Crippen LogP contribution in [0.2, 0.25) is 0 Å². The largest absolute Gasteiger partial charge is 0.573 e. The van der Waals surface area contributed by atoms with Crippen LogP contribution in [0.5, 0.6) is 5.75 Å².